The highest BCUT2D eigenvalue weighted by Gasteiger charge is 2.33. The van der Waals surface area contributed by atoms with Crippen molar-refractivity contribution in [1.82, 2.24) is 0 Å². The first-order valence-electron chi connectivity index (χ1n) is 7.12. The van der Waals surface area contributed by atoms with Crippen LogP contribution in [0.3, 0.4) is 0 Å². The average molecular weight is 372 g/mol. The Labute approximate surface area is 146 Å². The van der Waals surface area contributed by atoms with Gasteiger partial charge in [0.2, 0.25) is 0 Å². The highest BCUT2D eigenvalue weighted by atomic mass is 35.5. The molecule has 2 rings (SSSR count). The van der Waals surface area contributed by atoms with E-state index in [9.17, 15) is 22.8 Å². The molecule has 1 N–H and O–H groups in total. The first kappa shape index (κ1) is 18.8. The summed E-state index contributed by atoms with van der Waals surface area (Å²) in [6, 6.07) is 11.0. The number of rotatable bonds is 4. The second kappa shape index (κ2) is 7.57. The van der Waals surface area contributed by atoms with E-state index in [1.807, 2.05) is 0 Å². The van der Waals surface area contributed by atoms with E-state index in [4.69, 9.17) is 16.3 Å². The van der Waals surface area contributed by atoms with Crippen LogP contribution in [0.4, 0.5) is 18.9 Å². The summed E-state index contributed by atoms with van der Waals surface area (Å²) in [5.41, 5.74) is -0.918. The van der Waals surface area contributed by atoms with E-state index in [0.717, 1.165) is 6.07 Å². The van der Waals surface area contributed by atoms with Crippen LogP contribution >= 0.6 is 11.6 Å². The van der Waals surface area contributed by atoms with Gasteiger partial charge in [0.15, 0.2) is 6.10 Å². The molecule has 0 aromatic heterocycles. The van der Waals surface area contributed by atoms with Crippen molar-refractivity contribution < 1.29 is 27.5 Å². The van der Waals surface area contributed by atoms with Crippen LogP contribution in [-0.4, -0.2) is 18.0 Å². The van der Waals surface area contributed by atoms with Gasteiger partial charge in [-0.25, -0.2) is 4.79 Å². The predicted octanol–water partition coefficient (Wildman–Crippen LogP) is 4.54. The van der Waals surface area contributed by atoms with Crippen LogP contribution in [0.2, 0.25) is 5.02 Å². The van der Waals surface area contributed by atoms with E-state index in [0.29, 0.717) is 6.07 Å². The van der Waals surface area contributed by atoms with E-state index >= 15 is 0 Å². The highest BCUT2D eigenvalue weighted by Crippen LogP contribution is 2.36. The Morgan fingerprint density at radius 3 is 2.36 bits per heavy atom. The Kier molecular flexibility index (Phi) is 5.69. The summed E-state index contributed by atoms with van der Waals surface area (Å²) in [4.78, 5) is 23.9. The normalized spacial score (nSPS) is 12.4. The van der Waals surface area contributed by atoms with Crippen LogP contribution in [-0.2, 0) is 15.7 Å². The number of hydrogen-bond donors (Lipinski definition) is 1. The zero-order valence-corrected chi connectivity index (χ0v) is 13.7. The third kappa shape index (κ3) is 4.96. The Morgan fingerprint density at radius 1 is 1.12 bits per heavy atom. The van der Waals surface area contributed by atoms with Crippen molar-refractivity contribution >= 4 is 29.2 Å². The van der Waals surface area contributed by atoms with Gasteiger partial charge in [-0.2, -0.15) is 13.2 Å². The lowest BCUT2D eigenvalue weighted by molar-refractivity contribution is -0.137. The molecule has 2 aromatic rings. The lowest BCUT2D eigenvalue weighted by atomic mass is 10.2. The van der Waals surface area contributed by atoms with Crippen LogP contribution in [0.25, 0.3) is 0 Å². The maximum Gasteiger partial charge on any atom is 0.417 e. The van der Waals surface area contributed by atoms with Crippen molar-refractivity contribution in [2.24, 2.45) is 0 Å². The molecule has 1 atom stereocenters. The molecule has 0 fully saturated rings. The molecule has 0 radical (unpaired) electrons. The molecule has 0 aliphatic carbocycles. The number of carbonyl (C=O) groups excluding carboxylic acids is 2. The number of anilines is 1. The highest BCUT2D eigenvalue weighted by molar-refractivity contribution is 6.31. The van der Waals surface area contributed by atoms with Crippen molar-refractivity contribution in [2.45, 2.75) is 19.2 Å². The predicted molar refractivity (Wildman–Crippen MR) is 86.4 cm³/mol. The van der Waals surface area contributed by atoms with Crippen molar-refractivity contribution in [3.05, 3.63) is 64.7 Å². The number of ether oxygens (including phenoxy) is 1. The number of nitrogens with one attached hydrogen (secondary N) is 1. The quantitative estimate of drug-likeness (QED) is 0.803. The fraction of sp³-hybridized carbons (Fsp3) is 0.176. The Hall–Kier alpha value is -2.54. The molecule has 0 saturated carbocycles. The van der Waals surface area contributed by atoms with Crippen LogP contribution in [0.15, 0.2) is 48.5 Å². The number of amides is 1. The Balaban J connectivity index is 2.05. The molecular formula is C17H13ClF3NO3. The van der Waals surface area contributed by atoms with E-state index in [1.165, 1.54) is 25.1 Å². The molecule has 0 spiro atoms. The smallest absolute Gasteiger partial charge is 0.417 e. The van der Waals surface area contributed by atoms with Gasteiger partial charge in [0.05, 0.1) is 16.1 Å². The average Bonchev–Trinajstić information content (AvgIpc) is 2.56. The third-order valence-electron chi connectivity index (χ3n) is 3.20. The molecule has 132 valence electrons. The second-order valence-electron chi connectivity index (χ2n) is 5.10. The first-order chi connectivity index (χ1) is 11.7. The largest absolute Gasteiger partial charge is 0.449 e. The van der Waals surface area contributed by atoms with Crippen LogP contribution < -0.4 is 5.32 Å². The van der Waals surface area contributed by atoms with Gasteiger partial charge < -0.3 is 10.1 Å². The van der Waals surface area contributed by atoms with Crippen molar-refractivity contribution in [1.29, 1.82) is 0 Å². The second-order valence-corrected chi connectivity index (χ2v) is 5.50. The van der Waals surface area contributed by atoms with Gasteiger partial charge in [0.1, 0.15) is 0 Å². The van der Waals surface area contributed by atoms with Gasteiger partial charge in [-0.15, -0.1) is 0 Å². The van der Waals surface area contributed by atoms with E-state index in [2.05, 4.69) is 5.32 Å². The summed E-state index contributed by atoms with van der Waals surface area (Å²) in [5.74, 6) is -1.48. The van der Waals surface area contributed by atoms with E-state index in [1.54, 1.807) is 18.2 Å². The van der Waals surface area contributed by atoms with Gasteiger partial charge in [-0.05, 0) is 37.3 Å². The van der Waals surface area contributed by atoms with Crippen LogP contribution in [0.5, 0.6) is 0 Å². The van der Waals surface area contributed by atoms with E-state index in [-0.39, 0.29) is 11.3 Å². The fourth-order valence-electron chi connectivity index (χ4n) is 1.92. The molecule has 0 aliphatic heterocycles. The Morgan fingerprint density at radius 2 is 1.76 bits per heavy atom. The lowest BCUT2D eigenvalue weighted by Crippen LogP contribution is -2.30. The topological polar surface area (TPSA) is 55.4 Å². The number of esters is 1. The maximum absolute atomic E-state index is 12.8. The molecule has 1 unspecified atom stereocenters. The monoisotopic (exact) mass is 371 g/mol. The molecule has 2 aromatic carbocycles. The van der Waals surface area contributed by atoms with E-state index < -0.39 is 34.7 Å². The van der Waals surface area contributed by atoms with Crippen LogP contribution in [0, 0.1) is 0 Å². The minimum atomic E-state index is -4.65. The molecule has 8 heteroatoms. The standard InChI is InChI=1S/C17H13ClF3NO3/c1-10(25-16(24)11-5-3-2-4-6-11)15(23)22-12-7-8-14(18)13(9-12)17(19,20)21/h2-10H,1H3,(H,22,23). The van der Waals surface area contributed by atoms with Crippen molar-refractivity contribution in [3.8, 4) is 0 Å². The third-order valence-corrected chi connectivity index (χ3v) is 3.53. The molecule has 0 bridgehead atoms. The first-order valence-corrected chi connectivity index (χ1v) is 7.50. The minimum Gasteiger partial charge on any atom is -0.449 e. The van der Waals surface area contributed by atoms with Gasteiger partial charge >= 0.3 is 12.1 Å². The number of carbonyl (C=O) groups is 2. The summed E-state index contributed by atoms with van der Waals surface area (Å²) in [6.07, 6.45) is -5.85. The minimum absolute atomic E-state index is 0.107. The van der Waals surface area contributed by atoms with Crippen molar-refractivity contribution in [2.75, 3.05) is 5.32 Å². The van der Waals surface area contributed by atoms with Gasteiger partial charge in [0, 0.05) is 5.69 Å². The molecule has 0 heterocycles. The lowest BCUT2D eigenvalue weighted by Gasteiger charge is -2.15. The summed E-state index contributed by atoms with van der Waals surface area (Å²) in [5, 5.41) is 1.79. The molecule has 4 nitrogen and oxygen atoms in total. The summed E-state index contributed by atoms with van der Waals surface area (Å²) in [6.45, 7) is 1.32. The summed E-state index contributed by atoms with van der Waals surface area (Å²) < 4.78 is 43.4. The number of halogens is 4. The zero-order valence-electron chi connectivity index (χ0n) is 12.9. The molecule has 0 saturated heterocycles. The number of benzene rings is 2. The molecular weight excluding hydrogens is 359 g/mol. The Bertz CT molecular complexity index is 778. The number of hydrogen-bond acceptors (Lipinski definition) is 3. The summed E-state index contributed by atoms with van der Waals surface area (Å²) >= 11 is 5.51. The summed E-state index contributed by atoms with van der Waals surface area (Å²) in [7, 11) is 0. The zero-order chi connectivity index (χ0) is 18.6. The SMILES string of the molecule is CC(OC(=O)c1ccccc1)C(=O)Nc1ccc(Cl)c(C(F)(F)F)c1. The van der Waals surface area contributed by atoms with Gasteiger partial charge in [0.25, 0.3) is 5.91 Å². The number of alkyl halides is 3. The van der Waals surface area contributed by atoms with Gasteiger partial charge in [-0.1, -0.05) is 29.8 Å². The van der Waals surface area contributed by atoms with Crippen LogP contribution in [0.1, 0.15) is 22.8 Å². The van der Waals surface area contributed by atoms with Crippen molar-refractivity contribution in [3.63, 3.8) is 0 Å². The maximum atomic E-state index is 12.8. The fourth-order valence-corrected chi connectivity index (χ4v) is 2.15. The van der Waals surface area contributed by atoms with Gasteiger partial charge in [-0.3, -0.25) is 4.79 Å². The molecule has 0 aliphatic rings. The molecule has 25 heavy (non-hydrogen) atoms. The molecule has 1 amide bonds.